The maximum Gasteiger partial charge on any atom is 0.0250 e. The molecule has 68 valence electrons. The molecule has 0 atom stereocenters. The Morgan fingerprint density at radius 1 is 1.21 bits per heavy atom. The summed E-state index contributed by atoms with van der Waals surface area (Å²) in [6.45, 7) is 0. The Kier molecular flexibility index (Phi) is 1.74. The minimum Gasteiger partial charge on any atom is -0.0711 e. The van der Waals surface area contributed by atoms with E-state index in [4.69, 9.17) is 0 Å². The standard InChI is InChI=1S/C13H9Br/c14-12-6-2-5-9-3-1-4-10-7-8-11(12)13(9)10/h1-6,8H,7H2. The Morgan fingerprint density at radius 2 is 2.14 bits per heavy atom. The second-order valence-electron chi connectivity index (χ2n) is 3.58. The third-order valence-corrected chi connectivity index (χ3v) is 3.45. The van der Waals surface area contributed by atoms with E-state index in [9.17, 15) is 0 Å². The van der Waals surface area contributed by atoms with Crippen molar-refractivity contribution in [3.05, 3.63) is 57.6 Å². The maximum atomic E-state index is 3.61. The molecule has 0 unspecified atom stereocenters. The molecule has 1 heteroatoms. The van der Waals surface area contributed by atoms with E-state index < -0.39 is 0 Å². The van der Waals surface area contributed by atoms with E-state index in [1.165, 1.54) is 26.7 Å². The summed E-state index contributed by atoms with van der Waals surface area (Å²) in [4.78, 5) is 0. The highest BCUT2D eigenvalue weighted by Crippen LogP contribution is 2.39. The Balaban J connectivity index is 2.36. The molecule has 0 spiro atoms. The molecule has 3 rings (SSSR count). The average molecular weight is 245 g/mol. The predicted molar refractivity (Wildman–Crippen MR) is 64.2 cm³/mol. The molecule has 1 aromatic rings. The van der Waals surface area contributed by atoms with Gasteiger partial charge in [0.05, 0.1) is 0 Å². The van der Waals surface area contributed by atoms with Crippen molar-refractivity contribution in [2.75, 3.05) is 0 Å². The molecule has 0 heterocycles. The molecule has 0 fully saturated rings. The number of benzene rings is 1. The van der Waals surface area contributed by atoms with Crippen molar-refractivity contribution in [2.24, 2.45) is 0 Å². The smallest absolute Gasteiger partial charge is 0.0250 e. The molecule has 0 radical (unpaired) electrons. The fraction of sp³-hybridized carbons (Fsp3) is 0.0769. The molecule has 2 aliphatic carbocycles. The van der Waals surface area contributed by atoms with Gasteiger partial charge in [-0.15, -0.1) is 0 Å². The minimum absolute atomic E-state index is 1.06. The van der Waals surface area contributed by atoms with Crippen LogP contribution in [-0.2, 0) is 6.42 Å². The van der Waals surface area contributed by atoms with Crippen LogP contribution in [0.25, 0.3) is 11.6 Å². The van der Waals surface area contributed by atoms with E-state index in [0.29, 0.717) is 0 Å². The second kappa shape index (κ2) is 2.96. The van der Waals surface area contributed by atoms with Gasteiger partial charge >= 0.3 is 0 Å². The summed E-state index contributed by atoms with van der Waals surface area (Å²) in [7, 11) is 0. The van der Waals surface area contributed by atoms with Gasteiger partial charge in [0.25, 0.3) is 0 Å². The molecule has 1 aromatic carbocycles. The van der Waals surface area contributed by atoms with Crippen molar-refractivity contribution in [2.45, 2.75) is 6.42 Å². The highest BCUT2D eigenvalue weighted by molar-refractivity contribution is 9.12. The second-order valence-corrected chi connectivity index (χ2v) is 4.43. The number of hydrogen-bond acceptors (Lipinski definition) is 0. The first-order chi connectivity index (χ1) is 6.86. The highest BCUT2D eigenvalue weighted by atomic mass is 79.9. The van der Waals surface area contributed by atoms with Gasteiger partial charge in [-0.2, -0.15) is 0 Å². The van der Waals surface area contributed by atoms with E-state index in [-0.39, 0.29) is 0 Å². The molecule has 0 aromatic heterocycles. The fourth-order valence-corrected chi connectivity index (χ4v) is 2.63. The zero-order valence-electron chi connectivity index (χ0n) is 7.63. The largest absolute Gasteiger partial charge is 0.0711 e. The molecule has 0 nitrogen and oxygen atoms in total. The number of allylic oxidation sites excluding steroid dienone is 5. The molecule has 0 amide bonds. The van der Waals surface area contributed by atoms with Crippen molar-refractivity contribution in [3.63, 3.8) is 0 Å². The van der Waals surface area contributed by atoms with Crippen molar-refractivity contribution in [3.8, 4) is 0 Å². The Labute approximate surface area is 91.8 Å². The Hall–Kier alpha value is -1.08. The number of hydrogen-bond donors (Lipinski definition) is 0. The SMILES string of the molecule is BrC1=CC=Cc2cccc3c2C1=CC3. The van der Waals surface area contributed by atoms with Gasteiger partial charge in [0.15, 0.2) is 0 Å². The molecule has 14 heavy (non-hydrogen) atoms. The number of halogens is 1. The molecule has 2 aliphatic rings. The van der Waals surface area contributed by atoms with Crippen LogP contribution >= 0.6 is 15.9 Å². The molecule has 0 aliphatic heterocycles. The van der Waals surface area contributed by atoms with Crippen LogP contribution in [0.3, 0.4) is 0 Å². The lowest BCUT2D eigenvalue weighted by atomic mass is 10.00. The van der Waals surface area contributed by atoms with Crippen molar-refractivity contribution in [1.82, 2.24) is 0 Å². The van der Waals surface area contributed by atoms with Crippen LogP contribution in [0.5, 0.6) is 0 Å². The van der Waals surface area contributed by atoms with E-state index in [1.54, 1.807) is 0 Å². The van der Waals surface area contributed by atoms with E-state index in [1.807, 2.05) is 0 Å². The van der Waals surface area contributed by atoms with Crippen LogP contribution in [0, 0.1) is 0 Å². The quantitative estimate of drug-likeness (QED) is 0.649. The lowest BCUT2D eigenvalue weighted by Crippen LogP contribution is -1.87. The van der Waals surface area contributed by atoms with Crippen LogP contribution in [0.15, 0.2) is 40.9 Å². The summed E-state index contributed by atoms with van der Waals surface area (Å²) in [5, 5.41) is 0. The van der Waals surface area contributed by atoms with Gasteiger partial charge in [-0.05, 0) is 34.8 Å². The van der Waals surface area contributed by atoms with Gasteiger partial charge in [0.1, 0.15) is 0 Å². The van der Waals surface area contributed by atoms with Crippen LogP contribution < -0.4 is 0 Å². The van der Waals surface area contributed by atoms with Crippen LogP contribution in [0.2, 0.25) is 0 Å². The monoisotopic (exact) mass is 244 g/mol. The lowest BCUT2D eigenvalue weighted by Gasteiger charge is -2.06. The first-order valence-electron chi connectivity index (χ1n) is 4.73. The molecular weight excluding hydrogens is 236 g/mol. The fourth-order valence-electron chi connectivity index (χ4n) is 2.11. The zero-order valence-corrected chi connectivity index (χ0v) is 9.21. The van der Waals surface area contributed by atoms with Gasteiger partial charge in [-0.3, -0.25) is 0 Å². The Morgan fingerprint density at radius 3 is 3.07 bits per heavy atom. The summed E-state index contributed by atoms with van der Waals surface area (Å²) in [5.41, 5.74) is 5.52. The highest BCUT2D eigenvalue weighted by Gasteiger charge is 2.19. The van der Waals surface area contributed by atoms with Crippen molar-refractivity contribution < 1.29 is 0 Å². The molecule has 0 N–H and O–H groups in total. The molecular formula is C13H9Br. The maximum absolute atomic E-state index is 3.61. The average Bonchev–Trinajstić information content (AvgIpc) is 2.54. The first kappa shape index (κ1) is 8.25. The topological polar surface area (TPSA) is 0 Å². The van der Waals surface area contributed by atoms with E-state index >= 15 is 0 Å². The normalized spacial score (nSPS) is 17.2. The summed E-state index contributed by atoms with van der Waals surface area (Å²) in [6, 6.07) is 6.52. The van der Waals surface area contributed by atoms with Crippen molar-refractivity contribution in [1.29, 1.82) is 0 Å². The van der Waals surface area contributed by atoms with Gasteiger partial charge in [0, 0.05) is 4.48 Å². The van der Waals surface area contributed by atoms with Crippen LogP contribution in [0.1, 0.15) is 16.7 Å². The molecule has 0 saturated carbocycles. The third-order valence-electron chi connectivity index (χ3n) is 2.75. The van der Waals surface area contributed by atoms with Crippen molar-refractivity contribution >= 4 is 27.6 Å². The third kappa shape index (κ3) is 1.05. The zero-order chi connectivity index (χ0) is 9.54. The summed E-state index contributed by atoms with van der Waals surface area (Å²) >= 11 is 3.61. The van der Waals surface area contributed by atoms with Crippen LogP contribution in [-0.4, -0.2) is 0 Å². The van der Waals surface area contributed by atoms with Gasteiger partial charge in [0.2, 0.25) is 0 Å². The number of rotatable bonds is 0. The summed E-state index contributed by atoms with van der Waals surface area (Å²) < 4.78 is 1.19. The summed E-state index contributed by atoms with van der Waals surface area (Å²) in [6.07, 6.45) is 9.74. The van der Waals surface area contributed by atoms with E-state index in [0.717, 1.165) is 6.42 Å². The molecule has 0 saturated heterocycles. The van der Waals surface area contributed by atoms with E-state index in [2.05, 4.69) is 58.4 Å². The lowest BCUT2D eigenvalue weighted by molar-refractivity contribution is 1.31. The Bertz CT molecular complexity index is 490. The van der Waals surface area contributed by atoms with Crippen LogP contribution in [0.4, 0.5) is 0 Å². The molecule has 0 bridgehead atoms. The van der Waals surface area contributed by atoms with Gasteiger partial charge < -0.3 is 0 Å². The van der Waals surface area contributed by atoms with Gasteiger partial charge in [-0.1, -0.05) is 52.4 Å². The predicted octanol–water partition coefficient (Wildman–Crippen LogP) is 3.93. The first-order valence-corrected chi connectivity index (χ1v) is 5.52. The minimum atomic E-state index is 1.06. The van der Waals surface area contributed by atoms with Gasteiger partial charge in [-0.25, -0.2) is 0 Å². The summed E-state index contributed by atoms with van der Waals surface area (Å²) in [5.74, 6) is 0.